The van der Waals surface area contributed by atoms with Gasteiger partial charge in [0.25, 0.3) is 5.91 Å². The third-order valence-corrected chi connectivity index (χ3v) is 3.78. The Labute approximate surface area is 146 Å². The van der Waals surface area contributed by atoms with Gasteiger partial charge in [-0.25, -0.2) is 4.79 Å². The highest BCUT2D eigenvalue weighted by Gasteiger charge is 2.69. The first kappa shape index (κ1) is 17.7. The van der Waals surface area contributed by atoms with Crippen LogP contribution in [-0.4, -0.2) is 23.0 Å². The van der Waals surface area contributed by atoms with Gasteiger partial charge in [-0.15, -0.1) is 0 Å². The number of fused-ring (bicyclic) bond motifs is 1. The number of nitro groups is 1. The molecule has 2 aromatic rings. The van der Waals surface area contributed by atoms with Crippen molar-refractivity contribution in [3.8, 4) is 0 Å². The molecule has 0 aliphatic carbocycles. The fourth-order valence-corrected chi connectivity index (χ4v) is 2.60. The SMILES string of the molecule is O=C(OC1(C(F)(F)F)C(=O)Nc2cc(Cl)ccc21)c1ccc([N+](=O)[O-])o1. The van der Waals surface area contributed by atoms with E-state index in [1.807, 2.05) is 5.32 Å². The van der Waals surface area contributed by atoms with Gasteiger partial charge >= 0.3 is 23.6 Å². The summed E-state index contributed by atoms with van der Waals surface area (Å²) in [5, 5.41) is 12.6. The molecule has 1 aliphatic rings. The number of nitrogens with zero attached hydrogens (tertiary/aromatic N) is 1. The Morgan fingerprint density at radius 2 is 2.00 bits per heavy atom. The van der Waals surface area contributed by atoms with Gasteiger partial charge in [0, 0.05) is 10.6 Å². The van der Waals surface area contributed by atoms with Gasteiger partial charge in [0.1, 0.15) is 4.92 Å². The first-order chi connectivity index (χ1) is 12.1. The van der Waals surface area contributed by atoms with E-state index in [1.54, 1.807) is 0 Å². The fraction of sp³-hybridized carbons (Fsp3) is 0.143. The van der Waals surface area contributed by atoms with E-state index >= 15 is 0 Å². The number of ether oxygens (including phenoxy) is 1. The number of amides is 1. The van der Waals surface area contributed by atoms with Crippen molar-refractivity contribution in [2.75, 3.05) is 5.32 Å². The lowest BCUT2D eigenvalue weighted by Gasteiger charge is -2.29. The van der Waals surface area contributed by atoms with Gasteiger partial charge in [-0.05, 0) is 18.2 Å². The molecule has 1 atom stereocenters. The Bertz CT molecular complexity index is 941. The topological polar surface area (TPSA) is 112 Å². The Hall–Kier alpha value is -3.08. The van der Waals surface area contributed by atoms with Gasteiger partial charge in [0.2, 0.25) is 5.76 Å². The van der Waals surface area contributed by atoms with Crippen molar-refractivity contribution in [3.05, 3.63) is 56.8 Å². The average Bonchev–Trinajstić information content (AvgIpc) is 3.10. The van der Waals surface area contributed by atoms with Gasteiger partial charge < -0.3 is 14.5 Å². The first-order valence-corrected chi connectivity index (χ1v) is 7.10. The summed E-state index contributed by atoms with van der Waals surface area (Å²) < 4.78 is 50.2. The van der Waals surface area contributed by atoms with Crippen molar-refractivity contribution in [3.63, 3.8) is 0 Å². The molecule has 26 heavy (non-hydrogen) atoms. The molecule has 8 nitrogen and oxygen atoms in total. The van der Waals surface area contributed by atoms with Crippen LogP contribution in [-0.2, 0) is 15.1 Å². The molecule has 1 aliphatic heterocycles. The molecule has 0 saturated carbocycles. The van der Waals surface area contributed by atoms with Crippen LogP contribution in [0.1, 0.15) is 16.1 Å². The standard InChI is InChI=1S/C14H6ClF3N2O6/c15-6-1-2-7-8(5-6)19-12(22)13(7,14(16,17)18)26-11(21)9-3-4-10(25-9)20(23)24/h1-5H,(H,19,22). The number of carbonyl (C=O) groups is 2. The van der Waals surface area contributed by atoms with Gasteiger partial charge in [-0.3, -0.25) is 14.9 Å². The number of alkyl halides is 3. The molecular weight excluding hydrogens is 385 g/mol. The van der Waals surface area contributed by atoms with Crippen molar-refractivity contribution in [2.45, 2.75) is 11.8 Å². The largest absolute Gasteiger partial charge is 0.442 e. The van der Waals surface area contributed by atoms with E-state index < -0.39 is 45.8 Å². The maximum absolute atomic E-state index is 13.7. The molecule has 1 aromatic heterocycles. The number of esters is 1. The van der Waals surface area contributed by atoms with Gasteiger partial charge in [0.05, 0.1) is 11.8 Å². The molecule has 0 fully saturated rings. The molecular formula is C14H6ClF3N2O6. The minimum absolute atomic E-state index is 0.0509. The summed E-state index contributed by atoms with van der Waals surface area (Å²) in [5.74, 6) is -5.10. The van der Waals surface area contributed by atoms with E-state index in [0.717, 1.165) is 30.3 Å². The van der Waals surface area contributed by atoms with Crippen LogP contribution in [0.4, 0.5) is 24.7 Å². The predicted octanol–water partition coefficient (Wildman–Crippen LogP) is 3.41. The van der Waals surface area contributed by atoms with Crippen molar-refractivity contribution in [1.82, 2.24) is 0 Å². The maximum Gasteiger partial charge on any atom is 0.442 e. The number of hydrogen-bond acceptors (Lipinski definition) is 6. The van der Waals surface area contributed by atoms with Crippen LogP contribution in [0.3, 0.4) is 0 Å². The van der Waals surface area contributed by atoms with Crippen LogP contribution in [0, 0.1) is 10.1 Å². The number of hydrogen-bond donors (Lipinski definition) is 1. The number of benzene rings is 1. The van der Waals surface area contributed by atoms with E-state index in [1.165, 1.54) is 0 Å². The molecule has 1 amide bonds. The fourth-order valence-electron chi connectivity index (χ4n) is 2.43. The second-order valence-corrected chi connectivity index (χ2v) is 5.54. The van der Waals surface area contributed by atoms with E-state index in [2.05, 4.69) is 9.15 Å². The summed E-state index contributed by atoms with van der Waals surface area (Å²) in [6.07, 6.45) is -5.33. The maximum atomic E-state index is 13.7. The van der Waals surface area contributed by atoms with E-state index in [-0.39, 0.29) is 10.7 Å². The molecule has 0 radical (unpaired) electrons. The van der Waals surface area contributed by atoms with Crippen LogP contribution in [0.25, 0.3) is 0 Å². The Morgan fingerprint density at radius 1 is 1.31 bits per heavy atom. The summed E-state index contributed by atoms with van der Waals surface area (Å²) in [4.78, 5) is 33.7. The third-order valence-electron chi connectivity index (χ3n) is 3.55. The van der Waals surface area contributed by atoms with Gasteiger partial charge in [0.15, 0.2) is 0 Å². The smallest absolute Gasteiger partial charge is 0.428 e. The molecule has 2 heterocycles. The highest BCUT2D eigenvalue weighted by molar-refractivity contribution is 6.31. The molecule has 1 aromatic carbocycles. The van der Waals surface area contributed by atoms with Gasteiger partial charge in [-0.1, -0.05) is 17.7 Å². The van der Waals surface area contributed by atoms with Crippen molar-refractivity contribution >= 4 is 35.0 Å². The third kappa shape index (κ3) is 2.56. The van der Waals surface area contributed by atoms with Crippen LogP contribution >= 0.6 is 11.6 Å². The minimum atomic E-state index is -5.33. The lowest BCUT2D eigenvalue weighted by molar-refractivity contribution is -0.402. The van der Waals surface area contributed by atoms with Crippen LogP contribution in [0.2, 0.25) is 5.02 Å². The van der Waals surface area contributed by atoms with Crippen LogP contribution in [0.5, 0.6) is 0 Å². The molecule has 3 rings (SSSR count). The summed E-state index contributed by atoms with van der Waals surface area (Å²) in [7, 11) is 0. The number of nitrogens with one attached hydrogen (secondary N) is 1. The van der Waals surface area contributed by atoms with E-state index in [4.69, 9.17) is 11.6 Å². The number of rotatable bonds is 3. The summed E-state index contributed by atoms with van der Waals surface area (Å²) in [6.45, 7) is 0. The van der Waals surface area contributed by atoms with Crippen molar-refractivity contribution < 1.29 is 36.8 Å². The van der Waals surface area contributed by atoms with E-state index in [9.17, 15) is 32.9 Å². The highest BCUT2D eigenvalue weighted by Crippen LogP contribution is 2.50. The summed E-state index contributed by atoms with van der Waals surface area (Å²) in [5.41, 5.74) is -4.60. The molecule has 1 N–H and O–H groups in total. The number of furan rings is 1. The zero-order valence-electron chi connectivity index (χ0n) is 12.3. The van der Waals surface area contributed by atoms with Crippen LogP contribution < -0.4 is 5.32 Å². The zero-order chi connectivity index (χ0) is 19.3. The quantitative estimate of drug-likeness (QED) is 0.488. The molecule has 0 saturated heterocycles. The lowest BCUT2D eigenvalue weighted by atomic mass is 9.94. The molecule has 136 valence electrons. The molecule has 0 spiro atoms. The number of halogens is 4. The minimum Gasteiger partial charge on any atom is -0.428 e. The second-order valence-electron chi connectivity index (χ2n) is 5.11. The summed E-state index contributed by atoms with van der Waals surface area (Å²) >= 11 is 5.69. The van der Waals surface area contributed by atoms with Gasteiger partial charge in [-0.2, -0.15) is 13.2 Å². The Balaban J connectivity index is 2.06. The van der Waals surface area contributed by atoms with E-state index in [0.29, 0.717) is 0 Å². The lowest BCUT2D eigenvalue weighted by Crippen LogP contribution is -2.51. The average molecular weight is 391 g/mol. The van der Waals surface area contributed by atoms with Crippen molar-refractivity contribution in [1.29, 1.82) is 0 Å². The monoisotopic (exact) mass is 390 g/mol. The molecule has 0 bridgehead atoms. The number of anilines is 1. The normalized spacial score (nSPS) is 19.0. The summed E-state index contributed by atoms with van der Waals surface area (Å²) in [6, 6.07) is 4.57. The molecule has 12 heteroatoms. The Morgan fingerprint density at radius 3 is 2.58 bits per heavy atom. The first-order valence-electron chi connectivity index (χ1n) is 6.72. The second kappa shape index (κ2) is 5.73. The highest BCUT2D eigenvalue weighted by atomic mass is 35.5. The number of carbonyl (C=O) groups excluding carboxylic acids is 2. The van der Waals surface area contributed by atoms with Crippen LogP contribution in [0.15, 0.2) is 34.7 Å². The Kier molecular flexibility index (Phi) is 3.91. The zero-order valence-corrected chi connectivity index (χ0v) is 13.1. The predicted molar refractivity (Wildman–Crippen MR) is 78.6 cm³/mol. The van der Waals surface area contributed by atoms with Crippen molar-refractivity contribution in [2.24, 2.45) is 0 Å². The molecule has 1 unspecified atom stereocenters.